The molecule has 0 atom stereocenters. The van der Waals surface area contributed by atoms with Crippen LogP contribution in [0.15, 0.2) is 30.3 Å². The number of anilines is 1. The first-order valence-corrected chi connectivity index (χ1v) is 8.64. The molecule has 0 saturated heterocycles. The summed E-state index contributed by atoms with van der Waals surface area (Å²) < 4.78 is 10.5. The van der Waals surface area contributed by atoms with E-state index in [9.17, 15) is 9.59 Å². The van der Waals surface area contributed by atoms with Gasteiger partial charge in [0.2, 0.25) is 0 Å². The van der Waals surface area contributed by atoms with Gasteiger partial charge in [-0.15, -0.1) is 11.3 Å². The molecule has 0 spiro atoms. The number of hydrogen-bond acceptors (Lipinski definition) is 5. The van der Waals surface area contributed by atoms with E-state index in [1.807, 2.05) is 26.8 Å². The number of nitrogens with one attached hydrogen (secondary N) is 1. The number of carbonyl (C=O) groups excluding carboxylic acids is 2. The third-order valence-corrected chi connectivity index (χ3v) is 4.70. The molecule has 0 aliphatic rings. The van der Waals surface area contributed by atoms with E-state index in [1.165, 1.54) is 11.3 Å². The Kier molecular flexibility index (Phi) is 6.37. The summed E-state index contributed by atoms with van der Waals surface area (Å²) in [6, 6.07) is 8.93. The third kappa shape index (κ3) is 4.58. The first-order chi connectivity index (χ1) is 11.5. The van der Waals surface area contributed by atoms with Crippen molar-refractivity contribution in [1.82, 2.24) is 0 Å². The lowest BCUT2D eigenvalue weighted by Crippen LogP contribution is -2.21. The average Bonchev–Trinajstić information content (AvgIpc) is 2.96. The molecule has 0 bridgehead atoms. The number of amides is 1. The summed E-state index contributed by atoms with van der Waals surface area (Å²) in [6.07, 6.45) is 0.873. The molecule has 1 amide bonds. The van der Waals surface area contributed by atoms with Crippen LogP contribution in [0.4, 0.5) is 5.69 Å². The number of benzene rings is 1. The van der Waals surface area contributed by atoms with Crippen LogP contribution in [0.3, 0.4) is 0 Å². The van der Waals surface area contributed by atoms with Gasteiger partial charge in [-0.25, -0.2) is 4.79 Å². The van der Waals surface area contributed by atoms with Crippen LogP contribution in [0.1, 0.15) is 34.0 Å². The van der Waals surface area contributed by atoms with Crippen molar-refractivity contribution in [3.05, 3.63) is 45.6 Å². The molecule has 1 N–H and O–H groups in total. The van der Waals surface area contributed by atoms with E-state index in [4.69, 9.17) is 9.47 Å². The van der Waals surface area contributed by atoms with Crippen LogP contribution in [0.5, 0.6) is 5.75 Å². The fourth-order valence-electron chi connectivity index (χ4n) is 2.21. The van der Waals surface area contributed by atoms with Gasteiger partial charge in [0, 0.05) is 4.88 Å². The standard InChI is InChI=1S/C18H21NO4S/c1-4-15-12(3)10-16(24-15)18(21)23-11-17(20)19-13-8-6-7-9-14(13)22-5-2/h6-10H,4-5,11H2,1-3H3,(H,19,20). The van der Waals surface area contributed by atoms with Crippen LogP contribution < -0.4 is 10.1 Å². The maximum Gasteiger partial charge on any atom is 0.348 e. The van der Waals surface area contributed by atoms with Gasteiger partial charge in [-0.1, -0.05) is 19.1 Å². The van der Waals surface area contributed by atoms with Crippen molar-refractivity contribution in [3.8, 4) is 5.75 Å². The maximum absolute atomic E-state index is 12.0. The van der Waals surface area contributed by atoms with Gasteiger partial charge < -0.3 is 14.8 Å². The fraction of sp³-hybridized carbons (Fsp3) is 0.333. The highest BCUT2D eigenvalue weighted by atomic mass is 32.1. The molecule has 0 aliphatic heterocycles. The lowest BCUT2D eigenvalue weighted by atomic mass is 10.2. The molecule has 0 fully saturated rings. The molecular formula is C18H21NO4S. The molecule has 1 aromatic carbocycles. The van der Waals surface area contributed by atoms with Crippen LogP contribution >= 0.6 is 11.3 Å². The van der Waals surface area contributed by atoms with Crippen molar-refractivity contribution < 1.29 is 19.1 Å². The molecule has 24 heavy (non-hydrogen) atoms. The van der Waals surface area contributed by atoms with Crippen molar-refractivity contribution in [3.63, 3.8) is 0 Å². The smallest absolute Gasteiger partial charge is 0.348 e. The Morgan fingerprint density at radius 2 is 1.96 bits per heavy atom. The zero-order valence-electron chi connectivity index (χ0n) is 14.0. The average molecular weight is 347 g/mol. The zero-order valence-corrected chi connectivity index (χ0v) is 14.9. The van der Waals surface area contributed by atoms with Crippen molar-refractivity contribution in [2.45, 2.75) is 27.2 Å². The number of ether oxygens (including phenoxy) is 2. The number of rotatable bonds is 7. The highest BCUT2D eigenvalue weighted by Crippen LogP contribution is 2.24. The van der Waals surface area contributed by atoms with Crippen LogP contribution in [-0.2, 0) is 16.0 Å². The molecule has 1 aromatic heterocycles. The number of para-hydroxylation sites is 2. The summed E-state index contributed by atoms with van der Waals surface area (Å²) in [7, 11) is 0. The van der Waals surface area contributed by atoms with Crippen LogP contribution in [0.2, 0.25) is 0 Å². The van der Waals surface area contributed by atoms with E-state index in [2.05, 4.69) is 5.32 Å². The Morgan fingerprint density at radius 3 is 2.62 bits per heavy atom. The van der Waals surface area contributed by atoms with E-state index < -0.39 is 11.9 Å². The fourth-order valence-corrected chi connectivity index (χ4v) is 3.22. The number of carbonyl (C=O) groups is 2. The Morgan fingerprint density at radius 1 is 1.21 bits per heavy atom. The summed E-state index contributed by atoms with van der Waals surface area (Å²) in [5, 5.41) is 2.69. The van der Waals surface area contributed by atoms with Crippen molar-refractivity contribution in [1.29, 1.82) is 0 Å². The van der Waals surface area contributed by atoms with Crippen molar-refractivity contribution in [2.24, 2.45) is 0 Å². The first-order valence-electron chi connectivity index (χ1n) is 7.83. The van der Waals surface area contributed by atoms with Crippen molar-refractivity contribution >= 4 is 28.9 Å². The SMILES string of the molecule is CCOc1ccccc1NC(=O)COC(=O)c1cc(C)c(CC)s1. The lowest BCUT2D eigenvalue weighted by molar-refractivity contribution is -0.119. The summed E-state index contributed by atoms with van der Waals surface area (Å²) in [4.78, 5) is 25.7. The maximum atomic E-state index is 12.0. The second kappa shape index (κ2) is 8.49. The molecule has 5 nitrogen and oxygen atoms in total. The Hall–Kier alpha value is -2.34. The van der Waals surface area contributed by atoms with Crippen molar-refractivity contribution in [2.75, 3.05) is 18.5 Å². The van der Waals surface area contributed by atoms with Gasteiger partial charge in [-0.3, -0.25) is 4.79 Å². The summed E-state index contributed by atoms with van der Waals surface area (Å²) in [6.45, 7) is 6.03. The van der Waals surface area contributed by atoms with Gasteiger partial charge in [-0.05, 0) is 44.0 Å². The highest BCUT2D eigenvalue weighted by Gasteiger charge is 2.15. The molecule has 6 heteroatoms. The monoisotopic (exact) mass is 347 g/mol. The van der Waals surface area contributed by atoms with Crippen LogP contribution in [0, 0.1) is 6.92 Å². The lowest BCUT2D eigenvalue weighted by Gasteiger charge is -2.11. The molecule has 128 valence electrons. The van der Waals surface area contributed by atoms with Gasteiger partial charge >= 0.3 is 5.97 Å². The van der Waals surface area contributed by atoms with Gasteiger partial charge in [0.05, 0.1) is 12.3 Å². The molecule has 1 heterocycles. The van der Waals surface area contributed by atoms with E-state index in [0.29, 0.717) is 22.9 Å². The molecule has 0 saturated carbocycles. The molecular weight excluding hydrogens is 326 g/mol. The van der Waals surface area contributed by atoms with E-state index in [-0.39, 0.29) is 6.61 Å². The third-order valence-electron chi connectivity index (χ3n) is 3.34. The first kappa shape index (κ1) is 18.0. The molecule has 2 aromatic rings. The highest BCUT2D eigenvalue weighted by molar-refractivity contribution is 7.14. The van der Waals surface area contributed by atoms with E-state index in [0.717, 1.165) is 16.9 Å². The van der Waals surface area contributed by atoms with Gasteiger partial charge in [0.1, 0.15) is 10.6 Å². The Bertz CT molecular complexity index is 724. The van der Waals surface area contributed by atoms with Gasteiger partial charge in [0.25, 0.3) is 5.91 Å². The molecule has 0 aliphatic carbocycles. The molecule has 2 rings (SSSR count). The quantitative estimate of drug-likeness (QED) is 0.774. The second-order valence-electron chi connectivity index (χ2n) is 5.12. The summed E-state index contributed by atoms with van der Waals surface area (Å²) in [5.74, 6) is -0.295. The molecule has 0 radical (unpaired) electrons. The van der Waals surface area contributed by atoms with E-state index in [1.54, 1.807) is 24.3 Å². The van der Waals surface area contributed by atoms with Crippen LogP contribution in [-0.4, -0.2) is 25.1 Å². The number of hydrogen-bond donors (Lipinski definition) is 1. The summed E-state index contributed by atoms with van der Waals surface area (Å²) in [5.41, 5.74) is 1.63. The minimum atomic E-state index is -0.476. The number of esters is 1. The number of aryl methyl sites for hydroxylation is 2. The topological polar surface area (TPSA) is 64.6 Å². The predicted octanol–water partition coefficient (Wildman–Crippen LogP) is 3.81. The minimum Gasteiger partial charge on any atom is -0.492 e. The zero-order chi connectivity index (χ0) is 17.5. The molecule has 0 unspecified atom stereocenters. The largest absolute Gasteiger partial charge is 0.492 e. The van der Waals surface area contributed by atoms with Crippen LogP contribution in [0.25, 0.3) is 0 Å². The van der Waals surface area contributed by atoms with Gasteiger partial charge in [0.15, 0.2) is 6.61 Å². The predicted molar refractivity (Wildman–Crippen MR) is 95.0 cm³/mol. The Labute approximate surface area is 145 Å². The normalized spacial score (nSPS) is 10.3. The second-order valence-corrected chi connectivity index (χ2v) is 6.26. The van der Waals surface area contributed by atoms with Gasteiger partial charge in [-0.2, -0.15) is 0 Å². The minimum absolute atomic E-state index is 0.336. The summed E-state index contributed by atoms with van der Waals surface area (Å²) >= 11 is 1.41. The van der Waals surface area contributed by atoms with E-state index >= 15 is 0 Å². The Balaban J connectivity index is 1.92. The number of thiophene rings is 1.